The Balaban J connectivity index is 1.40. The van der Waals surface area contributed by atoms with Crippen molar-refractivity contribution in [1.29, 1.82) is 0 Å². The van der Waals surface area contributed by atoms with Gasteiger partial charge in [0.15, 0.2) is 0 Å². The predicted octanol–water partition coefficient (Wildman–Crippen LogP) is 5.45. The van der Waals surface area contributed by atoms with E-state index >= 15 is 0 Å². The Labute approximate surface area is 181 Å². The van der Waals surface area contributed by atoms with E-state index in [0.717, 1.165) is 26.8 Å². The molecule has 0 aliphatic heterocycles. The third-order valence-electron chi connectivity index (χ3n) is 4.19. The third kappa shape index (κ3) is 4.72. The van der Waals surface area contributed by atoms with Crippen LogP contribution in [0, 0.1) is 12.7 Å². The van der Waals surface area contributed by atoms with E-state index < -0.39 is 5.82 Å². The first kappa shape index (κ1) is 20.2. The molecule has 1 N–H and O–H groups in total. The van der Waals surface area contributed by atoms with E-state index in [1.54, 1.807) is 23.5 Å². The van der Waals surface area contributed by atoms with Gasteiger partial charge in [-0.15, -0.1) is 21.5 Å². The van der Waals surface area contributed by atoms with E-state index in [9.17, 15) is 9.18 Å². The minimum absolute atomic E-state index is 0.111. The molecule has 0 bridgehead atoms. The fourth-order valence-electron chi connectivity index (χ4n) is 2.74. The Morgan fingerprint density at radius 2 is 1.80 bits per heavy atom. The lowest BCUT2D eigenvalue weighted by atomic mass is 10.2. The summed E-state index contributed by atoms with van der Waals surface area (Å²) in [5, 5.41) is 12.6. The molecule has 8 heteroatoms. The number of thioether (sulfide) groups is 1. The number of carbonyl (C=O) groups excluding carboxylic acids is 1. The van der Waals surface area contributed by atoms with Crippen molar-refractivity contribution in [1.82, 2.24) is 15.2 Å². The number of halogens is 1. The molecule has 2 heterocycles. The number of nitrogens with one attached hydrogen (secondary N) is 1. The van der Waals surface area contributed by atoms with E-state index in [1.807, 2.05) is 49.4 Å². The van der Waals surface area contributed by atoms with Crippen molar-refractivity contribution >= 4 is 34.7 Å². The summed E-state index contributed by atoms with van der Waals surface area (Å²) in [5.74, 6) is -0.656. The standard InChI is InChI=1S/C22H17FN4OS2/c1-14-21(30-22(24-14)15-7-3-2-4-8-15)18-11-12-20(27-26-18)29-13-19(28)25-17-10-6-5-9-16(17)23/h2-12H,13H2,1H3,(H,25,28). The number of amides is 1. The predicted molar refractivity (Wildman–Crippen MR) is 119 cm³/mol. The van der Waals surface area contributed by atoms with Gasteiger partial charge in [-0.3, -0.25) is 4.79 Å². The number of hydrogen-bond donors (Lipinski definition) is 1. The molecule has 4 rings (SSSR count). The van der Waals surface area contributed by atoms with Crippen molar-refractivity contribution in [2.45, 2.75) is 11.9 Å². The number of rotatable bonds is 6. The molecule has 0 atom stereocenters. The monoisotopic (exact) mass is 436 g/mol. The van der Waals surface area contributed by atoms with Crippen LogP contribution in [0.25, 0.3) is 21.1 Å². The van der Waals surface area contributed by atoms with Gasteiger partial charge in [-0.2, -0.15) is 0 Å². The molecule has 0 spiro atoms. The number of thiazole rings is 1. The topological polar surface area (TPSA) is 67.8 Å². The number of aryl methyl sites for hydroxylation is 1. The lowest BCUT2D eigenvalue weighted by Gasteiger charge is -2.05. The summed E-state index contributed by atoms with van der Waals surface area (Å²) in [6.07, 6.45) is 0. The second-order valence-corrected chi connectivity index (χ2v) is 8.37. The van der Waals surface area contributed by atoms with Crippen molar-refractivity contribution in [3.8, 4) is 21.1 Å². The lowest BCUT2D eigenvalue weighted by molar-refractivity contribution is -0.113. The van der Waals surface area contributed by atoms with Crippen LogP contribution in [0.2, 0.25) is 0 Å². The van der Waals surface area contributed by atoms with Crippen LogP contribution in [-0.2, 0) is 4.79 Å². The Morgan fingerprint density at radius 1 is 1.03 bits per heavy atom. The molecule has 1 amide bonds. The molecular formula is C22H17FN4OS2. The second-order valence-electron chi connectivity index (χ2n) is 6.37. The fraction of sp³-hybridized carbons (Fsp3) is 0.0909. The van der Waals surface area contributed by atoms with Crippen molar-refractivity contribution in [3.05, 3.63) is 78.2 Å². The number of anilines is 1. The average Bonchev–Trinajstić information content (AvgIpc) is 3.16. The van der Waals surface area contributed by atoms with E-state index in [2.05, 4.69) is 20.5 Å². The number of para-hydroxylation sites is 1. The van der Waals surface area contributed by atoms with Gasteiger partial charge in [0.1, 0.15) is 21.5 Å². The van der Waals surface area contributed by atoms with Gasteiger partial charge in [0.25, 0.3) is 0 Å². The molecule has 0 unspecified atom stereocenters. The van der Waals surface area contributed by atoms with Crippen LogP contribution in [0.15, 0.2) is 71.8 Å². The minimum atomic E-state index is -0.463. The number of carbonyl (C=O) groups is 1. The average molecular weight is 437 g/mol. The molecule has 30 heavy (non-hydrogen) atoms. The molecule has 5 nitrogen and oxygen atoms in total. The Hall–Kier alpha value is -3.10. The Kier molecular flexibility index (Phi) is 6.15. The van der Waals surface area contributed by atoms with Gasteiger partial charge >= 0.3 is 0 Å². The minimum Gasteiger partial charge on any atom is -0.323 e. The van der Waals surface area contributed by atoms with E-state index in [-0.39, 0.29) is 17.3 Å². The molecular weight excluding hydrogens is 419 g/mol. The molecule has 4 aromatic rings. The highest BCUT2D eigenvalue weighted by molar-refractivity contribution is 7.99. The van der Waals surface area contributed by atoms with E-state index in [0.29, 0.717) is 5.03 Å². The number of nitrogens with zero attached hydrogens (tertiary/aromatic N) is 3. The van der Waals surface area contributed by atoms with E-state index in [4.69, 9.17) is 0 Å². The van der Waals surface area contributed by atoms with Gasteiger partial charge in [-0.05, 0) is 31.2 Å². The lowest BCUT2D eigenvalue weighted by Crippen LogP contribution is -2.15. The number of hydrogen-bond acceptors (Lipinski definition) is 6. The molecule has 0 saturated carbocycles. The largest absolute Gasteiger partial charge is 0.323 e. The zero-order valence-electron chi connectivity index (χ0n) is 16.0. The molecule has 0 saturated heterocycles. The second kappa shape index (κ2) is 9.15. The summed E-state index contributed by atoms with van der Waals surface area (Å²) in [6.45, 7) is 1.95. The quantitative estimate of drug-likeness (QED) is 0.407. The van der Waals surface area contributed by atoms with E-state index in [1.165, 1.54) is 23.9 Å². The van der Waals surface area contributed by atoms with Gasteiger partial charge in [0, 0.05) is 5.56 Å². The normalized spacial score (nSPS) is 10.7. The molecule has 0 fully saturated rings. The van der Waals surface area contributed by atoms with Gasteiger partial charge < -0.3 is 5.32 Å². The highest BCUT2D eigenvalue weighted by Crippen LogP contribution is 2.34. The first-order valence-electron chi connectivity index (χ1n) is 9.14. The number of aromatic nitrogens is 3. The molecule has 2 aromatic heterocycles. The highest BCUT2D eigenvalue weighted by atomic mass is 32.2. The van der Waals surface area contributed by atoms with Crippen molar-refractivity contribution in [3.63, 3.8) is 0 Å². The van der Waals surface area contributed by atoms with Crippen LogP contribution in [0.3, 0.4) is 0 Å². The molecule has 0 aliphatic carbocycles. The van der Waals surface area contributed by atoms with Crippen molar-refractivity contribution in [2.24, 2.45) is 0 Å². The number of benzene rings is 2. The molecule has 0 radical (unpaired) electrons. The smallest absolute Gasteiger partial charge is 0.234 e. The maximum atomic E-state index is 13.6. The summed E-state index contributed by atoms with van der Waals surface area (Å²) in [4.78, 5) is 17.7. The maximum absolute atomic E-state index is 13.6. The first-order valence-corrected chi connectivity index (χ1v) is 10.9. The molecule has 150 valence electrons. The van der Waals surface area contributed by atoms with Gasteiger partial charge in [0.2, 0.25) is 5.91 Å². The van der Waals surface area contributed by atoms with Crippen molar-refractivity contribution < 1.29 is 9.18 Å². The SMILES string of the molecule is Cc1nc(-c2ccccc2)sc1-c1ccc(SCC(=O)Nc2ccccc2F)nn1. The Morgan fingerprint density at radius 3 is 2.53 bits per heavy atom. The van der Waals surface area contributed by atoms with Gasteiger partial charge in [-0.1, -0.05) is 54.2 Å². The summed E-state index contributed by atoms with van der Waals surface area (Å²) in [5.41, 5.74) is 2.88. The van der Waals surface area contributed by atoms with Crippen LogP contribution in [0.5, 0.6) is 0 Å². The first-order chi connectivity index (χ1) is 14.6. The van der Waals surface area contributed by atoms with Gasteiger partial charge in [0.05, 0.1) is 22.0 Å². The Bertz CT molecular complexity index is 1160. The zero-order chi connectivity index (χ0) is 20.9. The third-order valence-corrected chi connectivity index (χ3v) is 6.34. The summed E-state index contributed by atoms with van der Waals surface area (Å²) in [6, 6.07) is 19.8. The summed E-state index contributed by atoms with van der Waals surface area (Å²) >= 11 is 2.82. The van der Waals surface area contributed by atoms with Crippen LogP contribution in [0.4, 0.5) is 10.1 Å². The maximum Gasteiger partial charge on any atom is 0.234 e. The van der Waals surface area contributed by atoms with Crippen LogP contribution in [-0.4, -0.2) is 26.8 Å². The van der Waals surface area contributed by atoms with Crippen LogP contribution in [0.1, 0.15) is 5.69 Å². The molecule has 0 aliphatic rings. The van der Waals surface area contributed by atoms with Crippen LogP contribution < -0.4 is 5.32 Å². The van der Waals surface area contributed by atoms with Crippen molar-refractivity contribution in [2.75, 3.05) is 11.1 Å². The highest BCUT2D eigenvalue weighted by Gasteiger charge is 2.13. The molecule has 2 aromatic carbocycles. The summed E-state index contributed by atoms with van der Waals surface area (Å²) < 4.78 is 13.6. The zero-order valence-corrected chi connectivity index (χ0v) is 17.6. The van der Waals surface area contributed by atoms with Gasteiger partial charge in [-0.25, -0.2) is 9.37 Å². The van der Waals surface area contributed by atoms with Crippen LogP contribution >= 0.6 is 23.1 Å². The fourth-order valence-corrected chi connectivity index (χ4v) is 4.40. The summed E-state index contributed by atoms with van der Waals surface area (Å²) in [7, 11) is 0.